The van der Waals surface area contributed by atoms with Gasteiger partial charge in [-0.15, -0.1) is 11.3 Å². The summed E-state index contributed by atoms with van der Waals surface area (Å²) in [5.74, 6) is 1.26. The maximum Gasteiger partial charge on any atom is 0.270 e. The smallest absolute Gasteiger partial charge is 0.270 e. The van der Waals surface area contributed by atoms with Crippen molar-refractivity contribution in [3.05, 3.63) is 68.5 Å². The second-order valence-corrected chi connectivity index (χ2v) is 7.49. The number of nitriles is 1. The molecule has 0 saturated carbocycles. The Labute approximate surface area is 184 Å². The monoisotopic (exact) mass is 435 g/mol. The molecule has 8 heteroatoms. The lowest BCUT2D eigenvalue weighted by molar-refractivity contribution is -0.384. The number of hydrogen-bond acceptors (Lipinski definition) is 7. The van der Waals surface area contributed by atoms with E-state index < -0.39 is 4.92 Å². The second-order valence-electron chi connectivity index (χ2n) is 6.63. The van der Waals surface area contributed by atoms with Gasteiger partial charge in [0.05, 0.1) is 29.9 Å². The molecule has 2 aromatic carbocycles. The first-order valence-corrected chi connectivity index (χ1v) is 10.6. The third-order valence-corrected chi connectivity index (χ3v) is 5.34. The zero-order valence-corrected chi connectivity index (χ0v) is 18.0. The maximum absolute atomic E-state index is 11.0. The summed E-state index contributed by atoms with van der Waals surface area (Å²) in [5.41, 5.74) is 2.38. The van der Waals surface area contributed by atoms with E-state index in [2.05, 4.69) is 18.0 Å². The van der Waals surface area contributed by atoms with Crippen molar-refractivity contribution in [3.63, 3.8) is 0 Å². The van der Waals surface area contributed by atoms with Crippen LogP contribution in [0.1, 0.15) is 30.3 Å². The van der Waals surface area contributed by atoms with Crippen LogP contribution in [0.3, 0.4) is 0 Å². The molecule has 0 unspecified atom stereocenters. The molecule has 0 amide bonds. The van der Waals surface area contributed by atoms with E-state index in [-0.39, 0.29) is 5.69 Å². The maximum atomic E-state index is 11.0. The van der Waals surface area contributed by atoms with E-state index in [0.29, 0.717) is 39.9 Å². The topological polar surface area (TPSA) is 98.3 Å². The standard InChI is InChI=1S/C23H21N3O4S/c1-3-4-10-30-21-9-8-16(12-22(21)29-2)11-18(14-24)23-25-20(15-31-23)17-6-5-7-19(13-17)26(27)28/h5-9,11-13,15H,3-4,10H2,1-2H3. The highest BCUT2D eigenvalue weighted by Gasteiger charge is 2.13. The number of unbranched alkanes of at least 4 members (excludes halogenated alkanes) is 1. The van der Waals surface area contributed by atoms with Crippen molar-refractivity contribution in [3.8, 4) is 28.8 Å². The molecule has 31 heavy (non-hydrogen) atoms. The van der Waals surface area contributed by atoms with Crippen molar-refractivity contribution in [2.45, 2.75) is 19.8 Å². The number of ether oxygens (including phenoxy) is 2. The number of hydrogen-bond donors (Lipinski definition) is 0. The summed E-state index contributed by atoms with van der Waals surface area (Å²) >= 11 is 1.31. The average Bonchev–Trinajstić information content (AvgIpc) is 3.28. The van der Waals surface area contributed by atoms with Crippen LogP contribution in [-0.2, 0) is 0 Å². The Hall–Kier alpha value is -3.70. The third-order valence-electron chi connectivity index (χ3n) is 4.46. The SMILES string of the molecule is CCCCOc1ccc(C=C(C#N)c2nc(-c3cccc([N+](=O)[O-])c3)cs2)cc1OC. The number of rotatable bonds is 9. The van der Waals surface area contributed by atoms with Crippen LogP contribution in [0.5, 0.6) is 11.5 Å². The van der Waals surface area contributed by atoms with Crippen LogP contribution in [0.2, 0.25) is 0 Å². The molecular weight excluding hydrogens is 414 g/mol. The Morgan fingerprint density at radius 3 is 2.84 bits per heavy atom. The predicted molar refractivity (Wildman–Crippen MR) is 121 cm³/mol. The lowest BCUT2D eigenvalue weighted by Crippen LogP contribution is -1.99. The first-order valence-electron chi connectivity index (χ1n) is 9.69. The fraction of sp³-hybridized carbons (Fsp3) is 0.217. The number of thiazole rings is 1. The Kier molecular flexibility index (Phi) is 7.35. The van der Waals surface area contributed by atoms with Crippen molar-refractivity contribution in [2.24, 2.45) is 0 Å². The molecule has 0 aliphatic heterocycles. The van der Waals surface area contributed by atoms with Crippen molar-refractivity contribution < 1.29 is 14.4 Å². The Bertz CT molecular complexity index is 1150. The Balaban J connectivity index is 1.87. The van der Waals surface area contributed by atoms with E-state index in [9.17, 15) is 15.4 Å². The second kappa shape index (κ2) is 10.4. The molecule has 0 atom stereocenters. The van der Waals surface area contributed by atoms with Gasteiger partial charge in [0.2, 0.25) is 0 Å². The van der Waals surface area contributed by atoms with Gasteiger partial charge >= 0.3 is 0 Å². The minimum atomic E-state index is -0.444. The van der Waals surface area contributed by atoms with Gasteiger partial charge in [-0.1, -0.05) is 31.5 Å². The summed E-state index contributed by atoms with van der Waals surface area (Å²) in [6.07, 6.45) is 3.73. The highest BCUT2D eigenvalue weighted by molar-refractivity contribution is 7.11. The summed E-state index contributed by atoms with van der Waals surface area (Å²) in [6.45, 7) is 2.71. The first kappa shape index (κ1) is 22.0. The fourth-order valence-electron chi connectivity index (χ4n) is 2.84. The van der Waals surface area contributed by atoms with Gasteiger partial charge in [0.25, 0.3) is 5.69 Å². The quantitative estimate of drug-likeness (QED) is 0.178. The predicted octanol–water partition coefficient (Wildman–Crippen LogP) is 5.97. The summed E-state index contributed by atoms with van der Waals surface area (Å²) in [7, 11) is 1.58. The molecule has 3 rings (SSSR count). The lowest BCUT2D eigenvalue weighted by atomic mass is 10.1. The van der Waals surface area contributed by atoms with Gasteiger partial charge in [0.1, 0.15) is 11.1 Å². The summed E-state index contributed by atoms with van der Waals surface area (Å²) in [5, 5.41) is 23.0. The van der Waals surface area contributed by atoms with Gasteiger partial charge < -0.3 is 9.47 Å². The molecule has 0 spiro atoms. The molecule has 0 bridgehead atoms. The van der Waals surface area contributed by atoms with Gasteiger partial charge in [0.15, 0.2) is 11.5 Å². The highest BCUT2D eigenvalue weighted by Crippen LogP contribution is 2.32. The number of methoxy groups -OCH3 is 1. The number of non-ortho nitro benzene ring substituents is 1. The van der Waals surface area contributed by atoms with Crippen molar-refractivity contribution in [1.29, 1.82) is 5.26 Å². The molecule has 0 saturated heterocycles. The number of benzene rings is 2. The van der Waals surface area contributed by atoms with Crippen LogP contribution in [0, 0.1) is 21.4 Å². The van der Waals surface area contributed by atoms with Gasteiger partial charge in [-0.25, -0.2) is 4.98 Å². The fourth-order valence-corrected chi connectivity index (χ4v) is 3.63. The Morgan fingerprint density at radius 2 is 2.13 bits per heavy atom. The molecule has 0 aliphatic carbocycles. The van der Waals surface area contributed by atoms with Crippen LogP contribution >= 0.6 is 11.3 Å². The van der Waals surface area contributed by atoms with Crippen LogP contribution in [0.4, 0.5) is 5.69 Å². The zero-order chi connectivity index (χ0) is 22.2. The molecule has 0 fully saturated rings. The summed E-state index contributed by atoms with van der Waals surface area (Å²) in [4.78, 5) is 15.1. The minimum Gasteiger partial charge on any atom is -0.493 e. The average molecular weight is 436 g/mol. The Morgan fingerprint density at radius 1 is 1.29 bits per heavy atom. The summed E-state index contributed by atoms with van der Waals surface area (Å²) in [6, 6.07) is 13.9. The molecule has 1 heterocycles. The number of nitrogens with zero attached hydrogens (tertiary/aromatic N) is 3. The van der Waals surface area contributed by atoms with Crippen molar-refractivity contribution in [2.75, 3.05) is 13.7 Å². The lowest BCUT2D eigenvalue weighted by Gasteiger charge is -2.11. The van der Waals surface area contributed by atoms with Gasteiger partial charge in [-0.2, -0.15) is 5.26 Å². The number of nitro benzene ring substituents is 1. The first-order chi connectivity index (χ1) is 15.0. The third kappa shape index (κ3) is 5.47. The van der Waals surface area contributed by atoms with Crippen LogP contribution in [-0.4, -0.2) is 23.6 Å². The molecule has 0 N–H and O–H groups in total. The van der Waals surface area contributed by atoms with E-state index in [1.807, 2.05) is 18.2 Å². The minimum absolute atomic E-state index is 0.00330. The van der Waals surface area contributed by atoms with E-state index in [1.54, 1.807) is 30.7 Å². The van der Waals surface area contributed by atoms with Gasteiger partial charge in [-0.05, 0) is 30.2 Å². The van der Waals surface area contributed by atoms with Crippen molar-refractivity contribution in [1.82, 2.24) is 4.98 Å². The van der Waals surface area contributed by atoms with Gasteiger partial charge in [-0.3, -0.25) is 10.1 Å². The molecule has 158 valence electrons. The van der Waals surface area contributed by atoms with Crippen molar-refractivity contribution >= 4 is 28.7 Å². The molecule has 0 aliphatic rings. The number of nitro groups is 1. The molecule has 7 nitrogen and oxygen atoms in total. The van der Waals surface area contributed by atoms with Crippen LogP contribution < -0.4 is 9.47 Å². The van der Waals surface area contributed by atoms with Crippen LogP contribution in [0.15, 0.2) is 47.8 Å². The molecular formula is C23H21N3O4S. The number of aromatic nitrogens is 1. The zero-order valence-electron chi connectivity index (χ0n) is 17.2. The summed E-state index contributed by atoms with van der Waals surface area (Å²) < 4.78 is 11.2. The van der Waals surface area contributed by atoms with Crippen LogP contribution in [0.25, 0.3) is 22.9 Å². The molecule has 0 radical (unpaired) electrons. The van der Waals surface area contributed by atoms with E-state index in [0.717, 1.165) is 18.4 Å². The van der Waals surface area contributed by atoms with E-state index >= 15 is 0 Å². The van der Waals surface area contributed by atoms with E-state index in [4.69, 9.17) is 9.47 Å². The van der Waals surface area contributed by atoms with Gasteiger partial charge in [0, 0.05) is 23.1 Å². The normalized spacial score (nSPS) is 11.1. The molecule has 3 aromatic rings. The largest absolute Gasteiger partial charge is 0.493 e. The molecule has 1 aromatic heterocycles. The number of allylic oxidation sites excluding steroid dienone is 1. The van der Waals surface area contributed by atoms with E-state index in [1.165, 1.54) is 23.5 Å². The highest BCUT2D eigenvalue weighted by atomic mass is 32.1.